The lowest BCUT2D eigenvalue weighted by molar-refractivity contribution is 0.299. The minimum atomic E-state index is 0.0425. The standard InChI is InChI=1S/C8H12ClN3O/c1-5-11-7(9)6(3-4-13)8(10-2)12-5/h13H,3-4H2,1-2H3,(H,10,11,12). The molecule has 0 saturated carbocycles. The van der Waals surface area contributed by atoms with Crippen LogP contribution in [0.15, 0.2) is 0 Å². The lowest BCUT2D eigenvalue weighted by atomic mass is 10.2. The van der Waals surface area contributed by atoms with Gasteiger partial charge in [-0.25, -0.2) is 9.97 Å². The Morgan fingerprint density at radius 2 is 2.15 bits per heavy atom. The van der Waals surface area contributed by atoms with Crippen molar-refractivity contribution in [1.29, 1.82) is 0 Å². The zero-order valence-corrected chi connectivity index (χ0v) is 8.39. The largest absolute Gasteiger partial charge is 0.396 e. The lowest BCUT2D eigenvalue weighted by Crippen LogP contribution is -2.05. The maximum atomic E-state index is 8.79. The molecule has 1 aromatic heterocycles. The van der Waals surface area contributed by atoms with Gasteiger partial charge in [0.25, 0.3) is 0 Å². The molecule has 0 atom stereocenters. The molecule has 0 saturated heterocycles. The van der Waals surface area contributed by atoms with Gasteiger partial charge in [0, 0.05) is 25.6 Å². The average Bonchev–Trinajstić information content (AvgIpc) is 2.09. The molecular weight excluding hydrogens is 190 g/mol. The molecule has 0 aliphatic rings. The summed E-state index contributed by atoms with van der Waals surface area (Å²) in [6.07, 6.45) is 0.468. The summed E-state index contributed by atoms with van der Waals surface area (Å²) in [6.45, 7) is 1.82. The Morgan fingerprint density at radius 1 is 1.46 bits per heavy atom. The van der Waals surface area contributed by atoms with Gasteiger partial charge in [0.1, 0.15) is 16.8 Å². The van der Waals surface area contributed by atoms with E-state index in [-0.39, 0.29) is 6.61 Å². The molecule has 0 amide bonds. The van der Waals surface area contributed by atoms with E-state index in [1.807, 2.05) is 0 Å². The molecule has 0 fully saturated rings. The van der Waals surface area contributed by atoms with Gasteiger partial charge in [-0.15, -0.1) is 0 Å². The molecule has 72 valence electrons. The third-order valence-electron chi connectivity index (χ3n) is 1.67. The maximum Gasteiger partial charge on any atom is 0.138 e. The van der Waals surface area contributed by atoms with Gasteiger partial charge in [0.2, 0.25) is 0 Å². The summed E-state index contributed by atoms with van der Waals surface area (Å²) in [5, 5.41) is 12.1. The summed E-state index contributed by atoms with van der Waals surface area (Å²) in [5.74, 6) is 1.31. The molecule has 2 N–H and O–H groups in total. The van der Waals surface area contributed by atoms with Gasteiger partial charge in [-0.05, 0) is 6.92 Å². The topological polar surface area (TPSA) is 58.0 Å². The summed E-state index contributed by atoms with van der Waals surface area (Å²) < 4.78 is 0. The highest BCUT2D eigenvalue weighted by Crippen LogP contribution is 2.20. The molecule has 0 aliphatic heterocycles. The third-order valence-corrected chi connectivity index (χ3v) is 1.98. The Balaban J connectivity index is 3.13. The smallest absolute Gasteiger partial charge is 0.138 e. The number of aliphatic hydroxyl groups excluding tert-OH is 1. The Labute approximate surface area is 82.0 Å². The highest BCUT2D eigenvalue weighted by molar-refractivity contribution is 6.30. The fraction of sp³-hybridized carbons (Fsp3) is 0.500. The Kier molecular flexibility index (Phi) is 3.45. The first-order valence-electron chi connectivity index (χ1n) is 4.00. The fourth-order valence-corrected chi connectivity index (χ4v) is 1.41. The molecule has 1 heterocycles. The number of hydrogen-bond acceptors (Lipinski definition) is 4. The van der Waals surface area contributed by atoms with Crippen molar-refractivity contribution in [3.8, 4) is 0 Å². The van der Waals surface area contributed by atoms with Gasteiger partial charge in [-0.3, -0.25) is 0 Å². The van der Waals surface area contributed by atoms with Crippen molar-refractivity contribution in [2.75, 3.05) is 19.0 Å². The number of anilines is 1. The van der Waals surface area contributed by atoms with Crippen molar-refractivity contribution < 1.29 is 5.11 Å². The van der Waals surface area contributed by atoms with E-state index in [2.05, 4.69) is 15.3 Å². The summed E-state index contributed by atoms with van der Waals surface area (Å²) in [7, 11) is 1.76. The van der Waals surface area contributed by atoms with E-state index in [9.17, 15) is 0 Å². The van der Waals surface area contributed by atoms with Crippen LogP contribution in [0.2, 0.25) is 5.15 Å². The van der Waals surface area contributed by atoms with Crippen molar-refractivity contribution in [3.05, 3.63) is 16.5 Å². The zero-order valence-electron chi connectivity index (χ0n) is 7.63. The van der Waals surface area contributed by atoms with Crippen LogP contribution in [0.4, 0.5) is 5.82 Å². The highest BCUT2D eigenvalue weighted by atomic mass is 35.5. The van der Waals surface area contributed by atoms with Gasteiger partial charge in [0.15, 0.2) is 0 Å². The summed E-state index contributed by atoms with van der Waals surface area (Å²) in [6, 6.07) is 0. The van der Waals surface area contributed by atoms with Gasteiger partial charge in [-0.2, -0.15) is 0 Å². The Hall–Kier alpha value is -0.870. The molecule has 4 nitrogen and oxygen atoms in total. The monoisotopic (exact) mass is 201 g/mol. The molecule has 0 radical (unpaired) electrons. The van der Waals surface area contributed by atoms with Crippen LogP contribution in [0.1, 0.15) is 11.4 Å². The van der Waals surface area contributed by atoms with E-state index in [1.165, 1.54) is 0 Å². The predicted octanol–water partition coefficient (Wildman–Crippen LogP) is 1.01. The number of rotatable bonds is 3. The van der Waals surface area contributed by atoms with Crippen LogP contribution in [-0.4, -0.2) is 28.7 Å². The second kappa shape index (κ2) is 4.39. The van der Waals surface area contributed by atoms with Crippen molar-refractivity contribution in [3.63, 3.8) is 0 Å². The number of nitrogens with zero attached hydrogens (tertiary/aromatic N) is 2. The summed E-state index contributed by atoms with van der Waals surface area (Å²) in [5.41, 5.74) is 0.761. The van der Waals surface area contributed by atoms with Gasteiger partial charge in [-0.1, -0.05) is 11.6 Å². The maximum absolute atomic E-state index is 8.79. The second-order valence-corrected chi connectivity index (χ2v) is 2.97. The zero-order chi connectivity index (χ0) is 9.84. The molecule has 0 aliphatic carbocycles. The van der Waals surface area contributed by atoms with E-state index >= 15 is 0 Å². The van der Waals surface area contributed by atoms with Crippen LogP contribution in [0.5, 0.6) is 0 Å². The van der Waals surface area contributed by atoms with Crippen molar-refractivity contribution in [1.82, 2.24) is 9.97 Å². The highest BCUT2D eigenvalue weighted by Gasteiger charge is 2.09. The van der Waals surface area contributed by atoms with Crippen molar-refractivity contribution >= 4 is 17.4 Å². The number of aromatic nitrogens is 2. The molecule has 5 heteroatoms. The van der Waals surface area contributed by atoms with Crippen LogP contribution in [0.3, 0.4) is 0 Å². The minimum Gasteiger partial charge on any atom is -0.396 e. The van der Waals surface area contributed by atoms with Crippen LogP contribution < -0.4 is 5.32 Å². The van der Waals surface area contributed by atoms with Crippen LogP contribution in [0.25, 0.3) is 0 Å². The first kappa shape index (κ1) is 10.2. The molecule has 0 bridgehead atoms. The van der Waals surface area contributed by atoms with Gasteiger partial charge >= 0.3 is 0 Å². The summed E-state index contributed by atoms with van der Waals surface area (Å²) >= 11 is 5.89. The lowest BCUT2D eigenvalue weighted by Gasteiger charge is -2.08. The number of aryl methyl sites for hydroxylation is 1. The molecule has 1 aromatic rings. The molecular formula is C8H12ClN3O. The van der Waals surface area contributed by atoms with Crippen LogP contribution >= 0.6 is 11.6 Å². The number of aliphatic hydroxyl groups is 1. The minimum absolute atomic E-state index is 0.0425. The average molecular weight is 202 g/mol. The molecule has 0 unspecified atom stereocenters. The normalized spacial score (nSPS) is 10.2. The van der Waals surface area contributed by atoms with Crippen molar-refractivity contribution in [2.45, 2.75) is 13.3 Å². The Morgan fingerprint density at radius 3 is 2.69 bits per heavy atom. The van der Waals surface area contributed by atoms with E-state index in [4.69, 9.17) is 16.7 Å². The molecule has 1 rings (SSSR count). The molecule has 13 heavy (non-hydrogen) atoms. The second-order valence-electron chi connectivity index (χ2n) is 2.61. The quantitative estimate of drug-likeness (QED) is 0.717. The van der Waals surface area contributed by atoms with Gasteiger partial charge < -0.3 is 10.4 Å². The first-order chi connectivity index (χ1) is 6.19. The van der Waals surface area contributed by atoms with Gasteiger partial charge in [0.05, 0.1) is 0 Å². The number of nitrogens with one attached hydrogen (secondary N) is 1. The van der Waals surface area contributed by atoms with E-state index < -0.39 is 0 Å². The van der Waals surface area contributed by atoms with Crippen molar-refractivity contribution in [2.24, 2.45) is 0 Å². The fourth-order valence-electron chi connectivity index (χ4n) is 1.10. The predicted molar refractivity (Wildman–Crippen MR) is 52.1 cm³/mol. The van der Waals surface area contributed by atoms with E-state index in [0.29, 0.717) is 23.2 Å². The van der Waals surface area contributed by atoms with Crippen LogP contribution in [0, 0.1) is 6.92 Å². The number of hydrogen-bond donors (Lipinski definition) is 2. The molecule has 0 spiro atoms. The summed E-state index contributed by atoms with van der Waals surface area (Å²) in [4.78, 5) is 8.16. The molecule has 0 aromatic carbocycles. The third kappa shape index (κ3) is 2.29. The first-order valence-corrected chi connectivity index (χ1v) is 4.38. The van der Waals surface area contributed by atoms with Crippen LogP contribution in [-0.2, 0) is 6.42 Å². The van der Waals surface area contributed by atoms with E-state index in [0.717, 1.165) is 5.56 Å². The SMILES string of the molecule is CNc1nc(C)nc(Cl)c1CCO. The van der Waals surface area contributed by atoms with E-state index in [1.54, 1.807) is 14.0 Å². The number of halogens is 1. The Bertz CT molecular complexity index is 304.